The van der Waals surface area contributed by atoms with E-state index in [-0.39, 0.29) is 12.1 Å². The van der Waals surface area contributed by atoms with Gasteiger partial charge in [-0.05, 0) is 60.2 Å². The Morgan fingerprint density at radius 1 is 1.00 bits per heavy atom. The third-order valence-electron chi connectivity index (χ3n) is 6.35. The van der Waals surface area contributed by atoms with Crippen LogP contribution in [0.5, 0.6) is 5.75 Å². The summed E-state index contributed by atoms with van der Waals surface area (Å²) < 4.78 is 5.23. The van der Waals surface area contributed by atoms with Crippen LogP contribution in [0, 0.1) is 6.92 Å². The second-order valence-corrected chi connectivity index (χ2v) is 9.44. The Bertz CT molecular complexity index is 1220. The highest BCUT2D eigenvalue weighted by Gasteiger charge is 2.28. The van der Waals surface area contributed by atoms with Gasteiger partial charge in [0.05, 0.1) is 18.5 Å². The van der Waals surface area contributed by atoms with Gasteiger partial charge in [0.2, 0.25) is 0 Å². The number of benzene rings is 3. The molecule has 188 valence electrons. The lowest BCUT2D eigenvalue weighted by molar-refractivity contribution is 0.192. The smallest absolute Gasteiger partial charge is 0.324 e. The molecule has 0 unspecified atom stereocenters. The van der Waals surface area contributed by atoms with Crippen LogP contribution in [0.25, 0.3) is 0 Å². The number of nitrogens with one attached hydrogen (secondary N) is 2. The quantitative estimate of drug-likeness (QED) is 0.395. The number of rotatable bonds is 7. The highest BCUT2D eigenvalue weighted by atomic mass is 16.5. The summed E-state index contributed by atoms with van der Waals surface area (Å²) in [6.45, 7) is 8.15. The van der Waals surface area contributed by atoms with Crippen molar-refractivity contribution in [3.8, 4) is 5.75 Å². The van der Waals surface area contributed by atoms with Gasteiger partial charge in [-0.2, -0.15) is 0 Å². The van der Waals surface area contributed by atoms with Crippen molar-refractivity contribution in [3.63, 3.8) is 0 Å². The Balaban J connectivity index is 1.50. The molecule has 7 nitrogen and oxygen atoms in total. The van der Waals surface area contributed by atoms with Gasteiger partial charge in [-0.25, -0.2) is 9.59 Å². The zero-order valence-corrected chi connectivity index (χ0v) is 21.4. The molecule has 1 aliphatic rings. The SMILES string of the molecule is COc1cccc(NC(=O)Nc2cc(C)ccc2N2CCCN(Cc3ccc(C(C)C)cc3)C2=O)c1. The summed E-state index contributed by atoms with van der Waals surface area (Å²) in [6, 6.07) is 20.9. The number of amides is 4. The molecule has 2 N–H and O–H groups in total. The number of aryl methyl sites for hydroxylation is 1. The van der Waals surface area contributed by atoms with E-state index < -0.39 is 0 Å². The van der Waals surface area contributed by atoms with Crippen molar-refractivity contribution in [1.29, 1.82) is 0 Å². The maximum absolute atomic E-state index is 13.5. The molecular formula is C29H34N4O3. The highest BCUT2D eigenvalue weighted by molar-refractivity contribution is 6.04. The third-order valence-corrected chi connectivity index (χ3v) is 6.35. The van der Waals surface area contributed by atoms with Crippen LogP contribution in [0.15, 0.2) is 66.7 Å². The lowest BCUT2D eigenvalue weighted by atomic mass is 10.0. The molecule has 1 saturated heterocycles. The highest BCUT2D eigenvalue weighted by Crippen LogP contribution is 2.31. The minimum absolute atomic E-state index is 0.0608. The van der Waals surface area contributed by atoms with E-state index in [1.165, 1.54) is 5.56 Å². The van der Waals surface area contributed by atoms with Crippen LogP contribution in [-0.2, 0) is 6.54 Å². The molecule has 4 amide bonds. The molecule has 0 bridgehead atoms. The third kappa shape index (κ3) is 5.97. The Kier molecular flexibility index (Phi) is 7.78. The zero-order valence-electron chi connectivity index (χ0n) is 21.4. The second kappa shape index (κ2) is 11.2. The molecule has 0 aromatic heterocycles. The number of hydrogen-bond donors (Lipinski definition) is 2. The van der Waals surface area contributed by atoms with Crippen LogP contribution in [0.3, 0.4) is 0 Å². The van der Waals surface area contributed by atoms with E-state index in [0.29, 0.717) is 48.4 Å². The lowest BCUT2D eigenvalue weighted by Gasteiger charge is -2.36. The summed E-state index contributed by atoms with van der Waals surface area (Å²) in [5.41, 5.74) is 5.27. The molecule has 3 aromatic rings. The first kappa shape index (κ1) is 25.1. The summed E-state index contributed by atoms with van der Waals surface area (Å²) in [7, 11) is 1.58. The van der Waals surface area contributed by atoms with Gasteiger partial charge in [-0.3, -0.25) is 4.90 Å². The predicted molar refractivity (Wildman–Crippen MR) is 145 cm³/mol. The van der Waals surface area contributed by atoms with Crippen molar-refractivity contribution in [2.24, 2.45) is 0 Å². The molecule has 4 rings (SSSR count). The minimum Gasteiger partial charge on any atom is -0.497 e. The van der Waals surface area contributed by atoms with E-state index in [1.54, 1.807) is 24.1 Å². The van der Waals surface area contributed by atoms with Crippen LogP contribution in [0.4, 0.5) is 26.7 Å². The van der Waals surface area contributed by atoms with Crippen LogP contribution >= 0.6 is 0 Å². The molecule has 0 saturated carbocycles. The largest absolute Gasteiger partial charge is 0.497 e. The maximum atomic E-state index is 13.5. The first-order valence-electron chi connectivity index (χ1n) is 12.3. The number of urea groups is 2. The number of ether oxygens (including phenoxy) is 1. The molecule has 0 spiro atoms. The van der Waals surface area contributed by atoms with E-state index in [1.807, 2.05) is 42.2 Å². The van der Waals surface area contributed by atoms with E-state index >= 15 is 0 Å². The molecule has 7 heteroatoms. The van der Waals surface area contributed by atoms with Gasteiger partial charge in [0, 0.05) is 31.4 Å². The van der Waals surface area contributed by atoms with Gasteiger partial charge in [0.1, 0.15) is 5.75 Å². The van der Waals surface area contributed by atoms with Crippen LogP contribution in [0.1, 0.15) is 42.9 Å². The predicted octanol–water partition coefficient (Wildman–Crippen LogP) is 6.60. The number of hydrogen-bond acceptors (Lipinski definition) is 3. The molecule has 3 aromatic carbocycles. The standard InChI is InChI=1S/C29H34N4O3/c1-20(2)23-12-10-22(11-13-23)19-32-15-6-16-33(29(32)35)27-14-9-21(3)17-26(27)31-28(34)30-24-7-5-8-25(18-24)36-4/h5,7-14,17-18,20H,6,15-16,19H2,1-4H3,(H2,30,31,34). The number of methoxy groups -OCH3 is 1. The zero-order chi connectivity index (χ0) is 25.7. The molecule has 0 atom stereocenters. The van der Waals surface area contributed by atoms with Crippen LogP contribution < -0.4 is 20.3 Å². The van der Waals surface area contributed by atoms with Crippen molar-refractivity contribution in [3.05, 3.63) is 83.4 Å². The van der Waals surface area contributed by atoms with Gasteiger partial charge in [0.25, 0.3) is 0 Å². The number of nitrogens with zero attached hydrogens (tertiary/aromatic N) is 2. The molecule has 0 aliphatic carbocycles. The second-order valence-electron chi connectivity index (χ2n) is 9.44. The van der Waals surface area contributed by atoms with E-state index in [4.69, 9.17) is 4.74 Å². The van der Waals surface area contributed by atoms with Crippen molar-refractivity contribution in [2.45, 2.75) is 39.7 Å². The molecule has 1 aliphatic heterocycles. The van der Waals surface area contributed by atoms with Crippen molar-refractivity contribution >= 4 is 29.1 Å². The molecule has 1 fully saturated rings. The first-order valence-corrected chi connectivity index (χ1v) is 12.3. The van der Waals surface area contributed by atoms with Crippen LogP contribution in [-0.4, -0.2) is 37.2 Å². The van der Waals surface area contributed by atoms with Crippen LogP contribution in [0.2, 0.25) is 0 Å². The van der Waals surface area contributed by atoms with Crippen molar-refractivity contribution in [1.82, 2.24) is 4.90 Å². The Hall–Kier alpha value is -4.00. The van der Waals surface area contributed by atoms with Gasteiger partial charge < -0.3 is 20.3 Å². The van der Waals surface area contributed by atoms with Crippen molar-refractivity contribution in [2.75, 3.05) is 35.7 Å². The summed E-state index contributed by atoms with van der Waals surface area (Å²) in [4.78, 5) is 29.9. The average molecular weight is 487 g/mol. The Morgan fingerprint density at radius 3 is 2.50 bits per heavy atom. The average Bonchev–Trinajstić information content (AvgIpc) is 2.86. The Labute approximate surface area is 213 Å². The molecule has 0 radical (unpaired) electrons. The summed E-state index contributed by atoms with van der Waals surface area (Å²) in [5, 5.41) is 5.77. The molecule has 1 heterocycles. The van der Waals surface area contributed by atoms with E-state index in [9.17, 15) is 9.59 Å². The monoisotopic (exact) mass is 486 g/mol. The lowest BCUT2D eigenvalue weighted by Crippen LogP contribution is -2.49. The fourth-order valence-electron chi connectivity index (χ4n) is 4.35. The number of anilines is 3. The van der Waals surface area contributed by atoms with E-state index in [0.717, 1.165) is 17.5 Å². The maximum Gasteiger partial charge on any atom is 0.324 e. The molecule has 36 heavy (non-hydrogen) atoms. The summed E-state index contributed by atoms with van der Waals surface area (Å²) in [6.07, 6.45) is 0.846. The molecular weight excluding hydrogens is 452 g/mol. The number of carbonyl (C=O) groups excluding carboxylic acids is 2. The fraction of sp³-hybridized carbons (Fsp3) is 0.310. The van der Waals surface area contributed by atoms with Gasteiger partial charge in [-0.1, -0.05) is 50.2 Å². The number of carbonyl (C=O) groups is 2. The normalized spacial score (nSPS) is 13.6. The fourth-order valence-corrected chi connectivity index (χ4v) is 4.35. The Morgan fingerprint density at radius 2 is 1.78 bits per heavy atom. The first-order chi connectivity index (χ1) is 17.3. The topological polar surface area (TPSA) is 73.9 Å². The summed E-state index contributed by atoms with van der Waals surface area (Å²) >= 11 is 0. The minimum atomic E-state index is -0.387. The van der Waals surface area contributed by atoms with Gasteiger partial charge in [0.15, 0.2) is 0 Å². The van der Waals surface area contributed by atoms with Crippen molar-refractivity contribution < 1.29 is 14.3 Å². The van der Waals surface area contributed by atoms with Gasteiger partial charge >= 0.3 is 12.1 Å². The van der Waals surface area contributed by atoms with Gasteiger partial charge in [-0.15, -0.1) is 0 Å². The summed E-state index contributed by atoms with van der Waals surface area (Å²) in [5.74, 6) is 1.13. The van der Waals surface area contributed by atoms with E-state index in [2.05, 4.69) is 48.7 Å².